The third-order valence-electron chi connectivity index (χ3n) is 3.14. The summed E-state index contributed by atoms with van der Waals surface area (Å²) in [6, 6.07) is 6.09. The Hall–Kier alpha value is -2.30. The van der Waals surface area contributed by atoms with Crippen LogP contribution in [0.15, 0.2) is 30.3 Å². The van der Waals surface area contributed by atoms with Gasteiger partial charge in [0.2, 0.25) is 0 Å². The van der Waals surface area contributed by atoms with E-state index >= 15 is 0 Å². The fraction of sp³-hybridized carbons (Fsp3) is 0.188. The van der Waals surface area contributed by atoms with Crippen LogP contribution < -0.4 is 0 Å². The lowest BCUT2D eigenvalue weighted by Crippen LogP contribution is -2.05. The maximum atomic E-state index is 14.0. The molecule has 5 heteroatoms. The lowest BCUT2D eigenvalue weighted by Gasteiger charge is -2.08. The highest BCUT2D eigenvalue weighted by atomic mass is 19.1. The molecule has 0 saturated heterocycles. The standard InChI is InChI=1S/C16H13F3O2/c1-2-3-9-4-5-11(12(17)6-9)10-7-13(18)15(16(20)21)14(19)8-10/h4-8H,2-3H2,1H3,(H,20,21). The SMILES string of the molecule is CCCc1ccc(-c2cc(F)c(C(=O)O)c(F)c2)c(F)c1. The van der Waals surface area contributed by atoms with Crippen molar-refractivity contribution in [2.75, 3.05) is 0 Å². The predicted octanol–water partition coefficient (Wildman–Crippen LogP) is 4.42. The highest BCUT2D eigenvalue weighted by Gasteiger charge is 2.19. The van der Waals surface area contributed by atoms with Crippen LogP contribution in [0.4, 0.5) is 13.2 Å². The smallest absolute Gasteiger partial charge is 0.341 e. The van der Waals surface area contributed by atoms with Gasteiger partial charge < -0.3 is 5.11 Å². The highest BCUT2D eigenvalue weighted by Crippen LogP contribution is 2.27. The number of carboxylic acids is 1. The van der Waals surface area contributed by atoms with Crippen LogP contribution in [0.25, 0.3) is 11.1 Å². The minimum absolute atomic E-state index is 0.0319. The zero-order valence-corrected chi connectivity index (χ0v) is 11.3. The molecule has 0 aliphatic rings. The van der Waals surface area contributed by atoms with Crippen molar-refractivity contribution in [3.05, 3.63) is 58.9 Å². The van der Waals surface area contributed by atoms with Crippen molar-refractivity contribution < 1.29 is 23.1 Å². The molecule has 2 rings (SSSR count). The van der Waals surface area contributed by atoms with E-state index in [1.54, 1.807) is 6.07 Å². The van der Waals surface area contributed by atoms with Gasteiger partial charge in [-0.25, -0.2) is 18.0 Å². The first-order chi connectivity index (χ1) is 9.93. The summed E-state index contributed by atoms with van der Waals surface area (Å²) in [5.74, 6) is -4.75. The molecule has 0 atom stereocenters. The Morgan fingerprint density at radius 1 is 1.05 bits per heavy atom. The fourth-order valence-corrected chi connectivity index (χ4v) is 2.17. The number of carboxylic acid groups (broad SMARTS) is 1. The second kappa shape index (κ2) is 5.99. The molecule has 2 aromatic rings. The maximum Gasteiger partial charge on any atom is 0.341 e. The van der Waals surface area contributed by atoms with Crippen LogP contribution in [-0.4, -0.2) is 11.1 Å². The van der Waals surface area contributed by atoms with E-state index in [0.29, 0.717) is 6.42 Å². The van der Waals surface area contributed by atoms with Crippen molar-refractivity contribution in [3.8, 4) is 11.1 Å². The van der Waals surface area contributed by atoms with Crippen molar-refractivity contribution in [2.24, 2.45) is 0 Å². The topological polar surface area (TPSA) is 37.3 Å². The fourth-order valence-electron chi connectivity index (χ4n) is 2.17. The lowest BCUT2D eigenvalue weighted by atomic mass is 9.99. The number of halogens is 3. The molecular weight excluding hydrogens is 281 g/mol. The molecule has 1 N–H and O–H groups in total. The summed E-state index contributed by atoms with van der Waals surface area (Å²) in [5, 5.41) is 8.70. The first kappa shape index (κ1) is 15.1. The Morgan fingerprint density at radius 2 is 1.67 bits per heavy atom. The molecule has 0 bridgehead atoms. The third kappa shape index (κ3) is 3.07. The molecule has 0 spiro atoms. The predicted molar refractivity (Wildman–Crippen MR) is 72.7 cm³/mol. The molecule has 0 saturated carbocycles. The number of aromatic carboxylic acids is 1. The average molecular weight is 294 g/mol. The van der Waals surface area contributed by atoms with E-state index in [4.69, 9.17) is 5.11 Å². The van der Waals surface area contributed by atoms with Crippen molar-refractivity contribution in [1.82, 2.24) is 0 Å². The molecule has 0 amide bonds. The van der Waals surface area contributed by atoms with Crippen LogP contribution in [0, 0.1) is 17.5 Å². The van der Waals surface area contributed by atoms with Gasteiger partial charge in [-0.05, 0) is 35.7 Å². The van der Waals surface area contributed by atoms with Gasteiger partial charge in [0.05, 0.1) is 0 Å². The Kier molecular flexibility index (Phi) is 4.31. The summed E-state index contributed by atoms with van der Waals surface area (Å²) in [7, 11) is 0. The van der Waals surface area contributed by atoms with Crippen molar-refractivity contribution in [1.29, 1.82) is 0 Å². The van der Waals surface area contributed by atoms with E-state index in [0.717, 1.165) is 24.1 Å². The van der Waals surface area contributed by atoms with Gasteiger partial charge >= 0.3 is 5.97 Å². The van der Waals surface area contributed by atoms with Gasteiger partial charge in [-0.3, -0.25) is 0 Å². The molecular formula is C16H13F3O2. The van der Waals surface area contributed by atoms with E-state index in [1.807, 2.05) is 6.92 Å². The van der Waals surface area contributed by atoms with Crippen LogP contribution in [0.2, 0.25) is 0 Å². The second-order valence-corrected chi connectivity index (χ2v) is 4.68. The number of rotatable bonds is 4. The average Bonchev–Trinajstić information content (AvgIpc) is 2.37. The maximum absolute atomic E-state index is 14.0. The molecule has 0 aliphatic heterocycles. The zero-order chi connectivity index (χ0) is 15.6. The molecule has 0 aliphatic carbocycles. The molecule has 2 aromatic carbocycles. The van der Waals surface area contributed by atoms with Gasteiger partial charge in [-0.15, -0.1) is 0 Å². The van der Waals surface area contributed by atoms with Crippen LogP contribution in [0.1, 0.15) is 29.3 Å². The molecule has 0 radical (unpaired) electrons. The van der Waals surface area contributed by atoms with Crippen LogP contribution in [-0.2, 0) is 6.42 Å². The minimum atomic E-state index is -1.70. The van der Waals surface area contributed by atoms with Crippen molar-refractivity contribution in [3.63, 3.8) is 0 Å². The molecule has 0 heterocycles. The van der Waals surface area contributed by atoms with Gasteiger partial charge in [0.1, 0.15) is 23.0 Å². The zero-order valence-electron chi connectivity index (χ0n) is 11.3. The Balaban J connectivity index is 2.50. The third-order valence-corrected chi connectivity index (χ3v) is 3.14. The van der Waals surface area contributed by atoms with E-state index in [9.17, 15) is 18.0 Å². The van der Waals surface area contributed by atoms with E-state index in [2.05, 4.69) is 0 Å². The molecule has 0 fully saturated rings. The Labute approximate surface area is 119 Å². The normalized spacial score (nSPS) is 10.7. The van der Waals surface area contributed by atoms with E-state index < -0.39 is 29.0 Å². The monoisotopic (exact) mass is 294 g/mol. The number of hydrogen-bond acceptors (Lipinski definition) is 1. The van der Waals surface area contributed by atoms with Crippen molar-refractivity contribution >= 4 is 5.97 Å². The number of aryl methyl sites for hydroxylation is 1. The van der Waals surface area contributed by atoms with Gasteiger partial charge in [-0.1, -0.05) is 25.5 Å². The quantitative estimate of drug-likeness (QED) is 0.906. The Bertz CT molecular complexity index is 673. The largest absolute Gasteiger partial charge is 0.477 e. The molecule has 2 nitrogen and oxygen atoms in total. The minimum Gasteiger partial charge on any atom is -0.477 e. The van der Waals surface area contributed by atoms with Gasteiger partial charge in [-0.2, -0.15) is 0 Å². The van der Waals surface area contributed by atoms with Crippen molar-refractivity contribution in [2.45, 2.75) is 19.8 Å². The van der Waals surface area contributed by atoms with E-state index in [1.165, 1.54) is 12.1 Å². The van der Waals surface area contributed by atoms with Crippen LogP contribution >= 0.6 is 0 Å². The number of hydrogen-bond donors (Lipinski definition) is 1. The molecule has 21 heavy (non-hydrogen) atoms. The first-order valence-electron chi connectivity index (χ1n) is 6.45. The van der Waals surface area contributed by atoms with Crippen LogP contribution in [0.3, 0.4) is 0 Å². The van der Waals surface area contributed by atoms with Crippen LogP contribution in [0.5, 0.6) is 0 Å². The lowest BCUT2D eigenvalue weighted by molar-refractivity contribution is 0.0686. The van der Waals surface area contributed by atoms with E-state index in [-0.39, 0.29) is 11.1 Å². The summed E-state index contributed by atoms with van der Waals surface area (Å²) in [4.78, 5) is 10.7. The summed E-state index contributed by atoms with van der Waals surface area (Å²) < 4.78 is 41.3. The molecule has 0 unspecified atom stereocenters. The highest BCUT2D eigenvalue weighted by molar-refractivity contribution is 5.89. The second-order valence-electron chi connectivity index (χ2n) is 4.68. The Morgan fingerprint density at radius 3 is 2.14 bits per heavy atom. The summed E-state index contributed by atoms with van der Waals surface area (Å²) >= 11 is 0. The summed E-state index contributed by atoms with van der Waals surface area (Å²) in [5.41, 5.74) is -0.247. The summed E-state index contributed by atoms with van der Waals surface area (Å²) in [6.45, 7) is 1.96. The van der Waals surface area contributed by atoms with Gasteiger partial charge in [0, 0.05) is 5.56 Å². The van der Waals surface area contributed by atoms with Gasteiger partial charge in [0.15, 0.2) is 0 Å². The van der Waals surface area contributed by atoms with Gasteiger partial charge in [0.25, 0.3) is 0 Å². The molecule has 0 aromatic heterocycles. The number of carbonyl (C=O) groups is 1. The summed E-state index contributed by atoms with van der Waals surface area (Å²) in [6.07, 6.45) is 1.56. The molecule has 110 valence electrons. The number of benzene rings is 2. The first-order valence-corrected chi connectivity index (χ1v) is 6.45.